The molecule has 6 nitrogen and oxygen atoms in total. The first-order valence-electron chi connectivity index (χ1n) is 8.98. The summed E-state index contributed by atoms with van der Waals surface area (Å²) in [7, 11) is 0. The van der Waals surface area contributed by atoms with Crippen LogP contribution in [0.1, 0.15) is 44.7 Å². The minimum Gasteiger partial charge on any atom is -0.366 e. The molecule has 142 valence electrons. The largest absolute Gasteiger partial charge is 0.366 e. The summed E-state index contributed by atoms with van der Waals surface area (Å²) in [5, 5.41) is 6.02. The highest BCUT2D eigenvalue weighted by Crippen LogP contribution is 2.14. The van der Waals surface area contributed by atoms with Crippen LogP contribution in [0.15, 0.2) is 54.6 Å². The lowest BCUT2D eigenvalue weighted by Crippen LogP contribution is -2.16. The van der Waals surface area contributed by atoms with Gasteiger partial charge in [-0.25, -0.2) is 9.97 Å². The second-order valence-corrected chi connectivity index (χ2v) is 6.61. The fourth-order valence-corrected chi connectivity index (χ4v) is 2.66. The number of hydrogen-bond donors (Lipinski definition) is 2. The van der Waals surface area contributed by atoms with Crippen LogP contribution in [0, 0.1) is 13.8 Å². The molecule has 2 aromatic carbocycles. The van der Waals surface area contributed by atoms with Crippen LogP contribution < -0.4 is 10.6 Å². The molecule has 1 aromatic heterocycles. The zero-order valence-corrected chi connectivity index (χ0v) is 16.1. The summed E-state index contributed by atoms with van der Waals surface area (Å²) >= 11 is 0. The number of amides is 1. The van der Waals surface area contributed by atoms with Gasteiger partial charge in [-0.05, 0) is 50.6 Å². The number of benzene rings is 2. The number of nitrogens with zero attached hydrogens (tertiary/aromatic N) is 2. The zero-order chi connectivity index (χ0) is 20.1. The lowest BCUT2D eigenvalue weighted by atomic mass is 10.1. The van der Waals surface area contributed by atoms with E-state index in [-0.39, 0.29) is 17.4 Å². The van der Waals surface area contributed by atoms with E-state index < -0.39 is 0 Å². The van der Waals surface area contributed by atoms with Gasteiger partial charge in [0.15, 0.2) is 5.78 Å². The van der Waals surface area contributed by atoms with Crippen LogP contribution in [0.2, 0.25) is 0 Å². The van der Waals surface area contributed by atoms with E-state index in [4.69, 9.17) is 0 Å². The van der Waals surface area contributed by atoms with Crippen LogP contribution in [0.4, 0.5) is 11.5 Å². The first-order chi connectivity index (χ1) is 13.4. The molecule has 1 heterocycles. The smallest absolute Gasteiger partial charge is 0.274 e. The average molecular weight is 374 g/mol. The standard InChI is InChI=1S/C22H22N4O2/c1-14-4-6-17(7-5-14)13-23-21-12-20(24-16(3)25-21)22(28)26-19-10-8-18(9-11-19)15(2)27/h4-12H,13H2,1-3H3,(H,26,28)(H,23,24,25). The van der Waals surface area contributed by atoms with Gasteiger partial charge in [-0.1, -0.05) is 29.8 Å². The number of hydrogen-bond acceptors (Lipinski definition) is 5. The van der Waals surface area contributed by atoms with Gasteiger partial charge in [0.1, 0.15) is 17.3 Å². The van der Waals surface area contributed by atoms with Gasteiger partial charge in [-0.15, -0.1) is 0 Å². The van der Waals surface area contributed by atoms with Crippen molar-refractivity contribution in [2.75, 3.05) is 10.6 Å². The number of aryl methyl sites for hydroxylation is 2. The van der Waals surface area contributed by atoms with Crippen LogP contribution in [-0.4, -0.2) is 21.7 Å². The number of aromatic nitrogens is 2. The molecule has 6 heteroatoms. The van der Waals surface area contributed by atoms with Gasteiger partial charge in [0.25, 0.3) is 5.91 Å². The van der Waals surface area contributed by atoms with E-state index in [9.17, 15) is 9.59 Å². The summed E-state index contributed by atoms with van der Waals surface area (Å²) < 4.78 is 0. The average Bonchev–Trinajstić information content (AvgIpc) is 2.67. The Morgan fingerprint density at radius 3 is 2.25 bits per heavy atom. The van der Waals surface area contributed by atoms with Crippen molar-refractivity contribution in [1.29, 1.82) is 0 Å². The van der Waals surface area contributed by atoms with Gasteiger partial charge in [0, 0.05) is 23.9 Å². The Kier molecular flexibility index (Phi) is 5.79. The van der Waals surface area contributed by atoms with E-state index in [0.29, 0.717) is 29.4 Å². The maximum atomic E-state index is 12.6. The quantitative estimate of drug-likeness (QED) is 0.633. The number of carbonyl (C=O) groups excluding carboxylic acids is 2. The summed E-state index contributed by atoms with van der Waals surface area (Å²) in [4.78, 5) is 32.5. The van der Waals surface area contributed by atoms with E-state index in [1.165, 1.54) is 12.5 Å². The Bertz CT molecular complexity index is 996. The first kappa shape index (κ1) is 19.2. The summed E-state index contributed by atoms with van der Waals surface area (Å²) in [5.74, 6) is 0.740. The SMILES string of the molecule is CC(=O)c1ccc(NC(=O)c2cc(NCc3ccc(C)cc3)nc(C)n2)cc1. The van der Waals surface area contributed by atoms with Crippen molar-refractivity contribution in [1.82, 2.24) is 9.97 Å². The molecule has 0 aliphatic carbocycles. The normalized spacial score (nSPS) is 10.4. The number of rotatable bonds is 6. The number of carbonyl (C=O) groups is 2. The molecule has 1 amide bonds. The maximum absolute atomic E-state index is 12.6. The van der Waals surface area contributed by atoms with Gasteiger partial charge < -0.3 is 10.6 Å². The number of anilines is 2. The molecule has 0 bridgehead atoms. The van der Waals surface area contributed by atoms with Gasteiger partial charge in [0.05, 0.1) is 0 Å². The third kappa shape index (κ3) is 5.01. The molecular formula is C22H22N4O2. The van der Waals surface area contributed by atoms with Gasteiger partial charge in [0.2, 0.25) is 0 Å². The van der Waals surface area contributed by atoms with Gasteiger partial charge >= 0.3 is 0 Å². The highest BCUT2D eigenvalue weighted by atomic mass is 16.2. The second kappa shape index (κ2) is 8.43. The van der Waals surface area contributed by atoms with Crippen LogP contribution in [-0.2, 0) is 6.54 Å². The van der Waals surface area contributed by atoms with Crippen LogP contribution >= 0.6 is 0 Å². The van der Waals surface area contributed by atoms with Crippen molar-refractivity contribution in [2.24, 2.45) is 0 Å². The first-order valence-corrected chi connectivity index (χ1v) is 8.98. The van der Waals surface area contributed by atoms with Crippen molar-refractivity contribution in [2.45, 2.75) is 27.3 Å². The van der Waals surface area contributed by atoms with E-state index in [0.717, 1.165) is 5.56 Å². The molecule has 0 spiro atoms. The minimum atomic E-state index is -0.334. The summed E-state index contributed by atoms with van der Waals surface area (Å²) in [6.07, 6.45) is 0. The molecule has 0 aliphatic rings. The van der Waals surface area contributed by atoms with E-state index >= 15 is 0 Å². The van der Waals surface area contributed by atoms with Crippen LogP contribution in [0.25, 0.3) is 0 Å². The van der Waals surface area contributed by atoms with Crippen LogP contribution in [0.3, 0.4) is 0 Å². The molecule has 0 atom stereocenters. The Balaban J connectivity index is 1.70. The number of ketones is 1. The fourth-order valence-electron chi connectivity index (χ4n) is 2.66. The summed E-state index contributed by atoms with van der Waals surface area (Å²) in [6.45, 7) is 5.89. The van der Waals surface area contributed by atoms with Crippen LogP contribution in [0.5, 0.6) is 0 Å². The predicted molar refractivity (Wildman–Crippen MR) is 110 cm³/mol. The van der Waals surface area contributed by atoms with E-state index in [1.807, 2.05) is 6.92 Å². The molecule has 3 aromatic rings. The number of Topliss-reactive ketones (excluding diaryl/α,β-unsaturated/α-hetero) is 1. The lowest BCUT2D eigenvalue weighted by Gasteiger charge is -2.10. The Morgan fingerprint density at radius 2 is 1.61 bits per heavy atom. The molecule has 28 heavy (non-hydrogen) atoms. The van der Waals surface area contributed by atoms with Crippen molar-refractivity contribution in [3.8, 4) is 0 Å². The Morgan fingerprint density at radius 1 is 0.929 bits per heavy atom. The second-order valence-electron chi connectivity index (χ2n) is 6.61. The predicted octanol–water partition coefficient (Wildman–Crippen LogP) is 4.16. The summed E-state index contributed by atoms with van der Waals surface area (Å²) in [5.41, 5.74) is 3.80. The topological polar surface area (TPSA) is 84.0 Å². The molecule has 3 rings (SSSR count). The molecule has 0 unspecified atom stereocenters. The van der Waals surface area contributed by atoms with Gasteiger partial charge in [-0.2, -0.15) is 0 Å². The highest BCUT2D eigenvalue weighted by molar-refractivity contribution is 6.03. The monoisotopic (exact) mass is 374 g/mol. The highest BCUT2D eigenvalue weighted by Gasteiger charge is 2.11. The van der Waals surface area contributed by atoms with Crippen molar-refractivity contribution >= 4 is 23.2 Å². The Hall–Kier alpha value is -3.54. The van der Waals surface area contributed by atoms with Crippen molar-refractivity contribution in [3.05, 3.63) is 82.8 Å². The lowest BCUT2D eigenvalue weighted by molar-refractivity contribution is 0.101. The zero-order valence-electron chi connectivity index (χ0n) is 16.1. The number of nitrogens with one attached hydrogen (secondary N) is 2. The van der Waals surface area contributed by atoms with E-state index in [1.54, 1.807) is 37.3 Å². The Labute approximate surface area is 164 Å². The van der Waals surface area contributed by atoms with E-state index in [2.05, 4.69) is 44.9 Å². The van der Waals surface area contributed by atoms with Gasteiger partial charge in [-0.3, -0.25) is 9.59 Å². The molecule has 0 aliphatic heterocycles. The molecule has 2 N–H and O–H groups in total. The minimum absolute atomic E-state index is 0.0198. The summed E-state index contributed by atoms with van der Waals surface area (Å²) in [6, 6.07) is 16.6. The molecule has 0 fully saturated rings. The molecular weight excluding hydrogens is 352 g/mol. The molecule has 0 saturated heterocycles. The third-order valence-corrected chi connectivity index (χ3v) is 4.21. The van der Waals surface area contributed by atoms with Crippen molar-refractivity contribution in [3.63, 3.8) is 0 Å². The third-order valence-electron chi connectivity index (χ3n) is 4.21. The molecule has 0 radical (unpaired) electrons. The fraction of sp³-hybridized carbons (Fsp3) is 0.182. The molecule has 0 saturated carbocycles. The maximum Gasteiger partial charge on any atom is 0.274 e. The van der Waals surface area contributed by atoms with Crippen molar-refractivity contribution < 1.29 is 9.59 Å².